The van der Waals surface area contributed by atoms with E-state index in [1.54, 1.807) is 7.05 Å². The van der Waals surface area contributed by atoms with E-state index in [0.717, 1.165) is 57.6 Å². The summed E-state index contributed by atoms with van der Waals surface area (Å²) in [5.74, 6) is 0.742. The highest BCUT2D eigenvalue weighted by Crippen LogP contribution is 2.03. The Labute approximate surface area is 169 Å². The van der Waals surface area contributed by atoms with E-state index >= 15 is 0 Å². The zero-order valence-corrected chi connectivity index (χ0v) is 17.8. The molecule has 0 saturated carbocycles. The first kappa shape index (κ1) is 23.7. The van der Waals surface area contributed by atoms with Gasteiger partial charge in [0.1, 0.15) is 0 Å². The van der Waals surface area contributed by atoms with Gasteiger partial charge in [0.15, 0.2) is 5.96 Å². The lowest BCUT2D eigenvalue weighted by Crippen LogP contribution is -2.38. The van der Waals surface area contributed by atoms with E-state index in [1.807, 2.05) is 6.07 Å². The topological polar surface area (TPSA) is 62.7 Å². The van der Waals surface area contributed by atoms with Crippen LogP contribution in [0.1, 0.15) is 44.1 Å². The third-order valence-corrected chi connectivity index (χ3v) is 3.83. The van der Waals surface area contributed by atoms with Gasteiger partial charge in [0.2, 0.25) is 0 Å². The Bertz CT molecular complexity index is 481. The smallest absolute Gasteiger partial charge is 0.305 e. The van der Waals surface area contributed by atoms with Crippen molar-refractivity contribution >= 4 is 35.9 Å². The van der Waals surface area contributed by atoms with Gasteiger partial charge in [-0.25, -0.2) is 0 Å². The van der Waals surface area contributed by atoms with Gasteiger partial charge in [-0.05, 0) is 31.2 Å². The van der Waals surface area contributed by atoms with Crippen molar-refractivity contribution in [1.82, 2.24) is 10.6 Å². The largest absolute Gasteiger partial charge is 0.469 e. The van der Waals surface area contributed by atoms with Crippen LogP contribution in [0, 0.1) is 0 Å². The molecule has 0 aliphatic carbocycles. The highest BCUT2D eigenvalue weighted by atomic mass is 127. The maximum Gasteiger partial charge on any atom is 0.305 e. The van der Waals surface area contributed by atoms with Gasteiger partial charge in [0.05, 0.1) is 7.11 Å². The zero-order chi connectivity index (χ0) is 17.5. The number of rotatable bonds is 11. The Morgan fingerprint density at radius 1 is 1.00 bits per heavy atom. The van der Waals surface area contributed by atoms with Crippen LogP contribution >= 0.6 is 24.0 Å². The molecule has 0 fully saturated rings. The minimum absolute atomic E-state index is 0. The lowest BCUT2D eigenvalue weighted by molar-refractivity contribution is -0.140. The lowest BCUT2D eigenvalue weighted by Gasteiger charge is -2.11. The average Bonchev–Trinajstić information content (AvgIpc) is 2.63. The Balaban J connectivity index is 0.00000576. The summed E-state index contributed by atoms with van der Waals surface area (Å²) in [5.41, 5.74) is 1.37. The Kier molecular flexibility index (Phi) is 15.3. The van der Waals surface area contributed by atoms with Crippen molar-refractivity contribution in [1.29, 1.82) is 0 Å². The zero-order valence-electron chi connectivity index (χ0n) is 15.4. The summed E-state index contributed by atoms with van der Waals surface area (Å²) in [5, 5.41) is 6.67. The van der Waals surface area contributed by atoms with Crippen LogP contribution in [-0.4, -0.2) is 39.2 Å². The molecule has 142 valence electrons. The number of esters is 1. The number of halogens is 1. The van der Waals surface area contributed by atoms with Crippen LogP contribution in [0.15, 0.2) is 35.3 Å². The maximum atomic E-state index is 11.0. The first-order valence-electron chi connectivity index (χ1n) is 8.81. The molecule has 0 aromatic heterocycles. The van der Waals surface area contributed by atoms with Crippen LogP contribution in [-0.2, 0) is 16.0 Å². The van der Waals surface area contributed by atoms with E-state index in [1.165, 1.54) is 12.7 Å². The van der Waals surface area contributed by atoms with Crippen LogP contribution < -0.4 is 10.6 Å². The number of ether oxygens (including phenoxy) is 1. The highest BCUT2D eigenvalue weighted by molar-refractivity contribution is 14.0. The van der Waals surface area contributed by atoms with Crippen molar-refractivity contribution in [3.05, 3.63) is 35.9 Å². The predicted molar refractivity (Wildman–Crippen MR) is 115 cm³/mol. The molecule has 1 aromatic rings. The van der Waals surface area contributed by atoms with Crippen LogP contribution in [0.3, 0.4) is 0 Å². The summed E-state index contributed by atoms with van der Waals surface area (Å²) in [7, 11) is 3.23. The standard InChI is InChI=1S/C19H31N3O2.HI/c1-20-19(21-15-9-4-3-8-14-18(23)24-2)22-16-10-13-17-11-6-5-7-12-17;/h5-7,11-12H,3-4,8-10,13-16H2,1-2H3,(H2,20,21,22);1H. The maximum absolute atomic E-state index is 11.0. The molecule has 6 heteroatoms. The van der Waals surface area contributed by atoms with Gasteiger partial charge in [0, 0.05) is 26.6 Å². The fraction of sp³-hybridized carbons (Fsp3) is 0.579. The molecule has 0 spiro atoms. The second-order valence-corrected chi connectivity index (χ2v) is 5.76. The molecule has 0 unspecified atom stereocenters. The van der Waals surface area contributed by atoms with Crippen LogP contribution in [0.5, 0.6) is 0 Å². The van der Waals surface area contributed by atoms with E-state index < -0.39 is 0 Å². The number of nitrogens with zero attached hydrogens (tertiary/aromatic N) is 1. The molecule has 0 aliphatic rings. The third kappa shape index (κ3) is 12.7. The molecule has 0 heterocycles. The van der Waals surface area contributed by atoms with Crippen molar-refractivity contribution in [2.75, 3.05) is 27.2 Å². The van der Waals surface area contributed by atoms with Crippen molar-refractivity contribution in [3.63, 3.8) is 0 Å². The number of methoxy groups -OCH3 is 1. The van der Waals surface area contributed by atoms with Crippen molar-refractivity contribution in [2.24, 2.45) is 4.99 Å². The van der Waals surface area contributed by atoms with Crippen LogP contribution in [0.4, 0.5) is 0 Å². The molecule has 2 N–H and O–H groups in total. The lowest BCUT2D eigenvalue weighted by atomic mass is 10.1. The van der Waals surface area contributed by atoms with Crippen molar-refractivity contribution in [3.8, 4) is 0 Å². The predicted octanol–water partition coefficient (Wildman–Crippen LogP) is 3.53. The molecule has 0 saturated heterocycles. The third-order valence-electron chi connectivity index (χ3n) is 3.83. The second kappa shape index (κ2) is 16.2. The number of carbonyl (C=O) groups excluding carboxylic acids is 1. The van der Waals surface area contributed by atoms with E-state index in [0.29, 0.717) is 6.42 Å². The second-order valence-electron chi connectivity index (χ2n) is 5.76. The number of nitrogens with one attached hydrogen (secondary N) is 2. The minimum atomic E-state index is -0.117. The van der Waals surface area contributed by atoms with Gasteiger partial charge < -0.3 is 15.4 Å². The first-order chi connectivity index (χ1) is 11.8. The Morgan fingerprint density at radius 3 is 2.28 bits per heavy atom. The number of guanidine groups is 1. The molecule has 0 radical (unpaired) electrons. The molecular weight excluding hydrogens is 429 g/mol. The van der Waals surface area contributed by atoms with Gasteiger partial charge in [-0.2, -0.15) is 0 Å². The normalized spacial score (nSPS) is 10.7. The summed E-state index contributed by atoms with van der Waals surface area (Å²) in [6.45, 7) is 1.81. The molecule has 1 rings (SSSR count). The van der Waals surface area contributed by atoms with Gasteiger partial charge in [-0.1, -0.05) is 43.2 Å². The number of unbranched alkanes of at least 4 members (excludes halogenated alkanes) is 3. The summed E-state index contributed by atoms with van der Waals surface area (Å²) in [4.78, 5) is 15.2. The summed E-state index contributed by atoms with van der Waals surface area (Å²) in [6.07, 6.45) is 6.82. The molecule has 0 bridgehead atoms. The fourth-order valence-electron chi connectivity index (χ4n) is 2.42. The van der Waals surface area contributed by atoms with E-state index in [2.05, 4.69) is 44.6 Å². The first-order valence-corrected chi connectivity index (χ1v) is 8.81. The molecule has 0 atom stereocenters. The van der Waals surface area contributed by atoms with E-state index in [4.69, 9.17) is 0 Å². The van der Waals surface area contributed by atoms with Crippen molar-refractivity contribution < 1.29 is 9.53 Å². The minimum Gasteiger partial charge on any atom is -0.469 e. The average molecular weight is 461 g/mol. The van der Waals surface area contributed by atoms with E-state index in [-0.39, 0.29) is 29.9 Å². The molecule has 25 heavy (non-hydrogen) atoms. The van der Waals surface area contributed by atoms with Gasteiger partial charge in [0.25, 0.3) is 0 Å². The summed E-state index contributed by atoms with van der Waals surface area (Å²) in [6, 6.07) is 10.5. The Hall–Kier alpha value is -1.31. The molecular formula is C19H32IN3O2. The molecule has 5 nitrogen and oxygen atoms in total. The number of aliphatic imine (C=N–C) groups is 1. The summed E-state index contributed by atoms with van der Waals surface area (Å²) < 4.78 is 4.62. The van der Waals surface area contributed by atoms with Crippen LogP contribution in [0.25, 0.3) is 0 Å². The van der Waals surface area contributed by atoms with E-state index in [9.17, 15) is 4.79 Å². The molecule has 1 aromatic carbocycles. The highest BCUT2D eigenvalue weighted by Gasteiger charge is 2.00. The quantitative estimate of drug-likeness (QED) is 0.174. The monoisotopic (exact) mass is 461 g/mol. The van der Waals surface area contributed by atoms with Crippen molar-refractivity contribution in [2.45, 2.75) is 44.9 Å². The number of aryl methyl sites for hydroxylation is 1. The number of benzene rings is 1. The molecule has 0 amide bonds. The SMILES string of the molecule is CN=C(NCCCCCCC(=O)OC)NCCCc1ccccc1.I. The number of hydrogen-bond donors (Lipinski definition) is 2. The van der Waals surface area contributed by atoms with Gasteiger partial charge in [-0.15, -0.1) is 24.0 Å². The number of carbonyl (C=O) groups is 1. The van der Waals surface area contributed by atoms with Gasteiger partial charge in [-0.3, -0.25) is 9.79 Å². The summed E-state index contributed by atoms with van der Waals surface area (Å²) >= 11 is 0. The molecule has 0 aliphatic heterocycles. The fourth-order valence-corrected chi connectivity index (χ4v) is 2.42. The Morgan fingerprint density at radius 2 is 1.64 bits per heavy atom. The number of hydrogen-bond acceptors (Lipinski definition) is 3. The van der Waals surface area contributed by atoms with Crippen LogP contribution in [0.2, 0.25) is 0 Å². The van der Waals surface area contributed by atoms with Gasteiger partial charge >= 0.3 is 5.97 Å².